The zero-order chi connectivity index (χ0) is 20.3. The number of nitrogens with one attached hydrogen (secondary N) is 1. The number of hydrogen-bond donors (Lipinski definition) is 1. The quantitative estimate of drug-likeness (QED) is 0.734. The van der Waals surface area contributed by atoms with Crippen molar-refractivity contribution in [3.8, 4) is 12.3 Å². The Balaban J connectivity index is 1.38. The van der Waals surface area contributed by atoms with E-state index in [0.717, 1.165) is 18.5 Å². The maximum absolute atomic E-state index is 13.1. The summed E-state index contributed by atoms with van der Waals surface area (Å²) in [7, 11) is 0. The molecule has 29 heavy (non-hydrogen) atoms. The number of nitrogens with zero attached hydrogens (tertiary/aromatic N) is 5. The minimum atomic E-state index is -0.454. The fraction of sp³-hybridized carbons (Fsp3) is 0.476. The van der Waals surface area contributed by atoms with Crippen LogP contribution in [-0.4, -0.2) is 50.9 Å². The van der Waals surface area contributed by atoms with Gasteiger partial charge in [-0.05, 0) is 31.4 Å². The Bertz CT molecular complexity index is 982. The molecule has 1 atom stereocenters. The van der Waals surface area contributed by atoms with Gasteiger partial charge >= 0.3 is 0 Å². The van der Waals surface area contributed by atoms with Gasteiger partial charge in [0.2, 0.25) is 5.91 Å². The molecule has 4 heterocycles. The molecule has 2 aliphatic heterocycles. The third-order valence-corrected chi connectivity index (χ3v) is 5.58. The average molecular weight is 392 g/mol. The molecular weight excluding hydrogens is 368 g/mol. The SMILES string of the molecule is C#CCCC1(CCNC(=O)C2CCCCN2C(=O)c2ccc3nccn3c2)N=N1. The smallest absolute Gasteiger partial charge is 0.256 e. The van der Waals surface area contributed by atoms with Gasteiger partial charge in [0, 0.05) is 50.9 Å². The Morgan fingerprint density at radius 1 is 1.28 bits per heavy atom. The van der Waals surface area contributed by atoms with Gasteiger partial charge in [-0.1, -0.05) is 0 Å². The highest BCUT2D eigenvalue weighted by atomic mass is 16.2. The highest BCUT2D eigenvalue weighted by Gasteiger charge is 2.39. The minimum Gasteiger partial charge on any atom is -0.354 e. The zero-order valence-electron chi connectivity index (χ0n) is 16.3. The number of fused-ring (bicyclic) bond motifs is 1. The Morgan fingerprint density at radius 2 is 2.14 bits per heavy atom. The van der Waals surface area contributed by atoms with E-state index in [1.54, 1.807) is 29.6 Å². The zero-order valence-corrected chi connectivity index (χ0v) is 16.3. The van der Waals surface area contributed by atoms with Crippen molar-refractivity contribution in [2.75, 3.05) is 13.1 Å². The second-order valence-electron chi connectivity index (χ2n) is 7.55. The van der Waals surface area contributed by atoms with Crippen LogP contribution in [0.4, 0.5) is 0 Å². The predicted octanol–water partition coefficient (Wildman–Crippen LogP) is 2.41. The maximum Gasteiger partial charge on any atom is 0.256 e. The first-order chi connectivity index (χ1) is 14.1. The van der Waals surface area contributed by atoms with Gasteiger partial charge in [-0.2, -0.15) is 10.2 Å². The van der Waals surface area contributed by atoms with E-state index < -0.39 is 11.7 Å². The van der Waals surface area contributed by atoms with Crippen molar-refractivity contribution in [3.63, 3.8) is 0 Å². The number of pyridine rings is 1. The molecule has 4 rings (SSSR count). The first-order valence-corrected chi connectivity index (χ1v) is 10.0. The number of piperidine rings is 1. The largest absolute Gasteiger partial charge is 0.354 e. The molecule has 8 nitrogen and oxygen atoms in total. The third kappa shape index (κ3) is 4.14. The number of carbonyl (C=O) groups is 2. The lowest BCUT2D eigenvalue weighted by Crippen LogP contribution is -2.52. The van der Waals surface area contributed by atoms with Gasteiger partial charge in [0.15, 0.2) is 5.66 Å². The Labute approximate surface area is 169 Å². The first kappa shape index (κ1) is 19.1. The van der Waals surface area contributed by atoms with Gasteiger partial charge in [-0.15, -0.1) is 12.3 Å². The van der Waals surface area contributed by atoms with E-state index in [1.165, 1.54) is 0 Å². The molecular formula is C21H24N6O2. The standard InChI is InChI=1S/C21H24N6O2/c1-2-3-9-21(24-25-21)10-11-23-19(28)17-6-4-5-13-27(17)20(29)16-7-8-18-22-12-14-26(18)15-16/h1,7-8,12,14-15,17H,3-6,9-11,13H2,(H,23,28). The summed E-state index contributed by atoms with van der Waals surface area (Å²) < 4.78 is 1.81. The molecule has 2 aromatic heterocycles. The molecule has 8 heteroatoms. The van der Waals surface area contributed by atoms with Crippen LogP contribution in [0.3, 0.4) is 0 Å². The van der Waals surface area contributed by atoms with Crippen molar-refractivity contribution in [2.45, 2.75) is 50.2 Å². The molecule has 150 valence electrons. The third-order valence-electron chi connectivity index (χ3n) is 5.58. The Morgan fingerprint density at radius 3 is 2.93 bits per heavy atom. The summed E-state index contributed by atoms with van der Waals surface area (Å²) in [5.41, 5.74) is 0.922. The van der Waals surface area contributed by atoms with E-state index in [1.807, 2.05) is 10.5 Å². The van der Waals surface area contributed by atoms with Crippen molar-refractivity contribution in [1.29, 1.82) is 0 Å². The van der Waals surface area contributed by atoms with Crippen LogP contribution in [0.25, 0.3) is 5.65 Å². The van der Waals surface area contributed by atoms with E-state index in [0.29, 0.717) is 44.3 Å². The molecule has 0 radical (unpaired) electrons. The molecule has 0 bridgehead atoms. The first-order valence-electron chi connectivity index (χ1n) is 10.0. The molecule has 2 aromatic rings. The van der Waals surface area contributed by atoms with Crippen LogP contribution in [0.2, 0.25) is 0 Å². The summed E-state index contributed by atoms with van der Waals surface area (Å²) in [6.07, 6.45) is 15.0. The maximum atomic E-state index is 13.1. The molecule has 1 fully saturated rings. The van der Waals surface area contributed by atoms with Crippen molar-refractivity contribution in [3.05, 3.63) is 36.3 Å². The number of terminal acetylenes is 1. The number of likely N-dealkylation sites (tertiary alicyclic amines) is 1. The predicted molar refractivity (Wildman–Crippen MR) is 107 cm³/mol. The minimum absolute atomic E-state index is 0.116. The van der Waals surface area contributed by atoms with Gasteiger partial charge in [-0.25, -0.2) is 4.98 Å². The Kier molecular flexibility index (Phi) is 5.30. The second-order valence-corrected chi connectivity index (χ2v) is 7.55. The van der Waals surface area contributed by atoms with Gasteiger partial charge in [-0.3, -0.25) is 9.59 Å². The van der Waals surface area contributed by atoms with Crippen LogP contribution in [0.1, 0.15) is 48.9 Å². The lowest BCUT2D eigenvalue weighted by molar-refractivity contribution is -0.126. The van der Waals surface area contributed by atoms with E-state index >= 15 is 0 Å². The normalized spacial score (nSPS) is 19.7. The fourth-order valence-corrected chi connectivity index (χ4v) is 3.83. The topological polar surface area (TPSA) is 91.4 Å². The molecule has 1 unspecified atom stereocenters. The highest BCUT2D eigenvalue weighted by Crippen LogP contribution is 2.36. The van der Waals surface area contributed by atoms with E-state index in [9.17, 15) is 9.59 Å². The summed E-state index contributed by atoms with van der Waals surface area (Å²) >= 11 is 0. The van der Waals surface area contributed by atoms with E-state index in [-0.39, 0.29) is 11.8 Å². The summed E-state index contributed by atoms with van der Waals surface area (Å²) in [4.78, 5) is 31.8. The number of hydrogen-bond acceptors (Lipinski definition) is 5. The molecule has 0 saturated carbocycles. The number of aromatic nitrogens is 2. The second kappa shape index (κ2) is 8.03. The lowest BCUT2D eigenvalue weighted by Gasteiger charge is -2.34. The fourth-order valence-electron chi connectivity index (χ4n) is 3.83. The molecule has 2 aliphatic rings. The number of amides is 2. The van der Waals surface area contributed by atoms with Crippen molar-refractivity contribution < 1.29 is 9.59 Å². The van der Waals surface area contributed by atoms with Crippen LogP contribution in [-0.2, 0) is 4.79 Å². The van der Waals surface area contributed by atoms with E-state index in [4.69, 9.17) is 6.42 Å². The van der Waals surface area contributed by atoms with Gasteiger partial charge < -0.3 is 14.6 Å². The summed E-state index contributed by atoms with van der Waals surface area (Å²) in [5, 5.41) is 11.1. The van der Waals surface area contributed by atoms with Gasteiger partial charge in [0.25, 0.3) is 5.91 Å². The van der Waals surface area contributed by atoms with Gasteiger partial charge in [0.1, 0.15) is 11.7 Å². The Hall–Kier alpha value is -3.21. The number of imidazole rings is 1. The molecule has 0 spiro atoms. The van der Waals surface area contributed by atoms with Crippen molar-refractivity contribution in [1.82, 2.24) is 19.6 Å². The molecule has 1 saturated heterocycles. The van der Waals surface area contributed by atoms with Crippen LogP contribution < -0.4 is 5.32 Å². The summed E-state index contributed by atoms with van der Waals surface area (Å²) in [5.74, 6) is 2.36. The van der Waals surface area contributed by atoms with Crippen molar-refractivity contribution >= 4 is 17.5 Å². The van der Waals surface area contributed by atoms with Crippen LogP contribution in [0.5, 0.6) is 0 Å². The lowest BCUT2D eigenvalue weighted by atomic mass is 9.99. The summed E-state index contributed by atoms with van der Waals surface area (Å²) in [6.45, 7) is 1.05. The molecule has 1 N–H and O–H groups in total. The van der Waals surface area contributed by atoms with E-state index in [2.05, 4.69) is 26.4 Å². The van der Waals surface area contributed by atoms with Gasteiger partial charge in [0.05, 0.1) is 5.56 Å². The average Bonchev–Trinajstić information content (AvgIpc) is 3.36. The highest BCUT2D eigenvalue weighted by molar-refractivity contribution is 5.97. The summed E-state index contributed by atoms with van der Waals surface area (Å²) in [6, 6.07) is 3.12. The van der Waals surface area contributed by atoms with Crippen LogP contribution in [0.15, 0.2) is 41.0 Å². The molecule has 0 aliphatic carbocycles. The van der Waals surface area contributed by atoms with Crippen LogP contribution >= 0.6 is 0 Å². The molecule has 2 amide bonds. The monoisotopic (exact) mass is 392 g/mol. The number of rotatable bonds is 7. The molecule has 0 aromatic carbocycles. The van der Waals surface area contributed by atoms with Crippen LogP contribution in [0, 0.1) is 12.3 Å². The van der Waals surface area contributed by atoms with Crippen molar-refractivity contribution in [2.24, 2.45) is 10.2 Å². The number of carbonyl (C=O) groups excluding carboxylic acids is 2.